The fourth-order valence-electron chi connectivity index (χ4n) is 4.21. The normalized spacial score (nSPS) is 11.6. The molecule has 1 heterocycles. The van der Waals surface area contributed by atoms with Crippen molar-refractivity contribution in [3.63, 3.8) is 0 Å². The van der Waals surface area contributed by atoms with Crippen molar-refractivity contribution in [1.82, 2.24) is 15.1 Å². The van der Waals surface area contributed by atoms with Crippen LogP contribution in [-0.2, 0) is 14.3 Å². The van der Waals surface area contributed by atoms with Gasteiger partial charge in [0.1, 0.15) is 6.04 Å². The fourth-order valence-corrected chi connectivity index (χ4v) is 4.74. The predicted molar refractivity (Wildman–Crippen MR) is 160 cm³/mol. The third-order valence-corrected chi connectivity index (χ3v) is 6.59. The van der Waals surface area contributed by atoms with Crippen LogP contribution in [0.1, 0.15) is 19.3 Å². The Balaban J connectivity index is 1.50. The van der Waals surface area contributed by atoms with Crippen LogP contribution < -0.4 is 21.5 Å². The number of esters is 1. The number of carbonyl (C=O) groups excluding carboxylic acids is 2. The zero-order valence-corrected chi connectivity index (χ0v) is 23.9. The summed E-state index contributed by atoms with van der Waals surface area (Å²) in [7, 11) is 1.26. The van der Waals surface area contributed by atoms with E-state index in [0.717, 1.165) is 16.5 Å². The van der Waals surface area contributed by atoms with E-state index >= 15 is 0 Å². The van der Waals surface area contributed by atoms with Crippen molar-refractivity contribution in [2.75, 3.05) is 20.3 Å². The molecule has 0 aliphatic carbocycles. The number of carbonyl (C=O) groups is 2. The third kappa shape index (κ3) is 8.12. The zero-order valence-electron chi connectivity index (χ0n) is 22.3. The molecule has 41 heavy (non-hydrogen) atoms. The van der Waals surface area contributed by atoms with Crippen molar-refractivity contribution in [2.24, 2.45) is 16.5 Å². The first kappa shape index (κ1) is 29.7. The number of fused-ring (bicyclic) bond motifs is 1. The Kier molecular flexibility index (Phi) is 10.0. The lowest BCUT2D eigenvalue weighted by Gasteiger charge is -2.16. The molecule has 0 saturated carbocycles. The number of methoxy groups -OCH3 is 1. The van der Waals surface area contributed by atoms with E-state index in [4.69, 9.17) is 49.2 Å². The molecule has 5 N–H and O–H groups in total. The number of amides is 1. The monoisotopic (exact) mass is 596 g/mol. The zero-order chi connectivity index (χ0) is 29.4. The van der Waals surface area contributed by atoms with Gasteiger partial charge in [0.2, 0.25) is 11.8 Å². The number of nitrogens with two attached hydrogens (primary N) is 2. The molecule has 0 aliphatic rings. The van der Waals surface area contributed by atoms with Gasteiger partial charge in [-0.3, -0.25) is 9.79 Å². The van der Waals surface area contributed by atoms with Crippen LogP contribution in [0.5, 0.6) is 5.88 Å². The van der Waals surface area contributed by atoms with E-state index in [0.29, 0.717) is 46.6 Å². The van der Waals surface area contributed by atoms with Gasteiger partial charge in [-0.1, -0.05) is 53.5 Å². The Bertz CT molecular complexity index is 1550. The van der Waals surface area contributed by atoms with Crippen molar-refractivity contribution in [3.05, 3.63) is 76.8 Å². The van der Waals surface area contributed by atoms with Gasteiger partial charge in [-0.25, -0.2) is 9.48 Å². The summed E-state index contributed by atoms with van der Waals surface area (Å²) in [4.78, 5) is 28.7. The van der Waals surface area contributed by atoms with Crippen molar-refractivity contribution in [1.29, 1.82) is 0 Å². The van der Waals surface area contributed by atoms with E-state index in [2.05, 4.69) is 10.3 Å². The largest absolute Gasteiger partial charge is 0.477 e. The summed E-state index contributed by atoms with van der Waals surface area (Å²) >= 11 is 12.5. The molecule has 1 atom stereocenters. The molecule has 0 spiro atoms. The first-order chi connectivity index (χ1) is 19.7. The second kappa shape index (κ2) is 13.9. The lowest BCUT2D eigenvalue weighted by atomic mass is 10.1. The van der Waals surface area contributed by atoms with Gasteiger partial charge in [-0.15, -0.1) is 0 Å². The lowest BCUT2D eigenvalue weighted by molar-refractivity contribution is -0.145. The molecule has 0 unspecified atom stereocenters. The smallest absolute Gasteiger partial charge is 0.328 e. The predicted octanol–water partition coefficient (Wildman–Crippen LogP) is 4.48. The van der Waals surface area contributed by atoms with Gasteiger partial charge in [0.25, 0.3) is 0 Å². The Labute approximate surface area is 247 Å². The molecular weight excluding hydrogens is 567 g/mol. The Morgan fingerprint density at radius 3 is 2.46 bits per heavy atom. The topological polar surface area (TPSA) is 147 Å². The van der Waals surface area contributed by atoms with Gasteiger partial charge in [-0.05, 0) is 53.9 Å². The highest BCUT2D eigenvalue weighted by Gasteiger charge is 2.21. The van der Waals surface area contributed by atoms with Crippen LogP contribution in [0.2, 0.25) is 10.0 Å². The Morgan fingerprint density at radius 2 is 1.76 bits per heavy atom. The molecule has 4 aromatic rings. The van der Waals surface area contributed by atoms with Gasteiger partial charge in [-0.2, -0.15) is 5.10 Å². The molecule has 12 heteroatoms. The number of hydrogen-bond donors (Lipinski definition) is 3. The number of aliphatic imine (C=N–C) groups is 1. The second-order valence-electron chi connectivity index (χ2n) is 9.16. The Morgan fingerprint density at radius 1 is 1.02 bits per heavy atom. The molecular formula is C29H30Cl2N6O4. The highest BCUT2D eigenvalue weighted by Crippen LogP contribution is 2.31. The number of aromatic nitrogens is 2. The van der Waals surface area contributed by atoms with Gasteiger partial charge in [0.15, 0.2) is 5.96 Å². The summed E-state index contributed by atoms with van der Waals surface area (Å²) in [6.45, 7) is 0.358. The molecule has 0 saturated heterocycles. The average Bonchev–Trinajstić information content (AvgIpc) is 3.37. The molecule has 0 bridgehead atoms. The standard InChI is InChI=1S/C29H30Cl2N6O4/c1-40-28(39)24(7-4-11-34-29(32)33)35-26(38)10-12-41-27-17-25(20-13-21(30)16-22(31)14-20)36-37(27)23-9-8-18-5-2-3-6-19(18)15-23/h2-3,5-6,8-9,13-17,24H,4,7,10-12H2,1H3,(H,35,38)(H4,32,33,34)/t24-/m1/s1. The molecule has 0 fully saturated rings. The lowest BCUT2D eigenvalue weighted by Crippen LogP contribution is -2.42. The molecule has 3 aromatic carbocycles. The molecule has 1 aromatic heterocycles. The van der Waals surface area contributed by atoms with Gasteiger partial charge < -0.3 is 26.3 Å². The van der Waals surface area contributed by atoms with Crippen molar-refractivity contribution < 1.29 is 19.1 Å². The van der Waals surface area contributed by atoms with Gasteiger partial charge in [0, 0.05) is 28.2 Å². The number of rotatable bonds is 12. The second-order valence-corrected chi connectivity index (χ2v) is 10.0. The van der Waals surface area contributed by atoms with E-state index < -0.39 is 12.0 Å². The summed E-state index contributed by atoms with van der Waals surface area (Å²) in [5.74, 6) is -0.546. The van der Waals surface area contributed by atoms with E-state index in [-0.39, 0.29) is 24.9 Å². The maximum Gasteiger partial charge on any atom is 0.328 e. The SMILES string of the molecule is COC(=O)[C@@H](CCCN=C(N)N)NC(=O)CCOc1cc(-c2cc(Cl)cc(Cl)c2)nn1-c1ccc2ccccc2c1. The molecule has 10 nitrogen and oxygen atoms in total. The number of nitrogens with one attached hydrogen (secondary N) is 1. The van der Waals surface area contributed by atoms with E-state index in [1.807, 2.05) is 42.5 Å². The van der Waals surface area contributed by atoms with Gasteiger partial charge >= 0.3 is 5.97 Å². The summed E-state index contributed by atoms with van der Waals surface area (Å²) < 4.78 is 12.5. The van der Waals surface area contributed by atoms with Crippen LogP contribution in [0.4, 0.5) is 0 Å². The van der Waals surface area contributed by atoms with Crippen LogP contribution in [0.3, 0.4) is 0 Å². The van der Waals surface area contributed by atoms with Crippen LogP contribution >= 0.6 is 23.2 Å². The number of ether oxygens (including phenoxy) is 2. The minimum Gasteiger partial charge on any atom is -0.477 e. The third-order valence-electron chi connectivity index (χ3n) is 6.16. The molecule has 0 aliphatic heterocycles. The highest BCUT2D eigenvalue weighted by molar-refractivity contribution is 6.35. The summed E-state index contributed by atoms with van der Waals surface area (Å²) in [6, 6.07) is 20.0. The summed E-state index contributed by atoms with van der Waals surface area (Å²) in [6.07, 6.45) is 0.786. The number of nitrogens with zero attached hydrogens (tertiary/aromatic N) is 3. The summed E-state index contributed by atoms with van der Waals surface area (Å²) in [5.41, 5.74) is 12.7. The van der Waals surface area contributed by atoms with Gasteiger partial charge in [0.05, 0.1) is 31.5 Å². The van der Waals surface area contributed by atoms with Crippen molar-refractivity contribution in [3.8, 4) is 22.8 Å². The van der Waals surface area contributed by atoms with Crippen LogP contribution in [0.25, 0.3) is 27.7 Å². The molecule has 1 amide bonds. The molecule has 0 radical (unpaired) electrons. The van der Waals surface area contributed by atoms with Crippen molar-refractivity contribution in [2.45, 2.75) is 25.3 Å². The number of halogens is 2. The van der Waals surface area contributed by atoms with Crippen LogP contribution in [0, 0.1) is 0 Å². The van der Waals surface area contributed by atoms with E-state index in [9.17, 15) is 9.59 Å². The minimum absolute atomic E-state index is 0.0113. The molecule has 4 rings (SSSR count). The first-order valence-corrected chi connectivity index (χ1v) is 13.6. The van der Waals surface area contributed by atoms with E-state index in [1.54, 1.807) is 28.9 Å². The van der Waals surface area contributed by atoms with Crippen LogP contribution in [-0.4, -0.2) is 53.9 Å². The maximum atomic E-state index is 12.7. The number of hydrogen-bond acceptors (Lipinski definition) is 6. The van der Waals surface area contributed by atoms with Crippen molar-refractivity contribution >= 4 is 51.8 Å². The van der Waals surface area contributed by atoms with Crippen LogP contribution in [0.15, 0.2) is 71.7 Å². The average molecular weight is 598 g/mol. The molecule has 214 valence electrons. The first-order valence-electron chi connectivity index (χ1n) is 12.8. The summed E-state index contributed by atoms with van der Waals surface area (Å²) in [5, 5.41) is 10.5. The minimum atomic E-state index is -0.830. The quantitative estimate of drug-likeness (QED) is 0.0945. The number of guanidine groups is 1. The number of benzene rings is 3. The highest BCUT2D eigenvalue weighted by atomic mass is 35.5. The fraction of sp³-hybridized carbons (Fsp3) is 0.241. The van der Waals surface area contributed by atoms with E-state index in [1.165, 1.54) is 7.11 Å². The maximum absolute atomic E-state index is 12.7. The Hall–Kier alpha value is -4.28.